The molecule has 0 aliphatic heterocycles. The summed E-state index contributed by atoms with van der Waals surface area (Å²) in [7, 11) is 3.33. The summed E-state index contributed by atoms with van der Waals surface area (Å²) in [6, 6.07) is 7.25. The molecule has 2 rings (SSSR count). The predicted molar refractivity (Wildman–Crippen MR) is 74.9 cm³/mol. The first-order valence-electron chi connectivity index (χ1n) is 6.78. The van der Waals surface area contributed by atoms with Gasteiger partial charge in [-0.3, -0.25) is 4.79 Å². The third-order valence-corrected chi connectivity index (χ3v) is 3.59. The number of hydrogen-bond acceptors (Lipinski definition) is 4. The summed E-state index contributed by atoms with van der Waals surface area (Å²) in [6.07, 6.45) is 1.38. The van der Waals surface area contributed by atoms with Crippen LogP contribution in [0.1, 0.15) is 12.8 Å². The number of aliphatic hydroxyl groups is 1. The lowest BCUT2D eigenvalue weighted by molar-refractivity contribution is -0.133. The van der Waals surface area contributed by atoms with Gasteiger partial charge in [0.05, 0.1) is 13.2 Å². The molecular formula is C15H21NO4. The van der Waals surface area contributed by atoms with Crippen LogP contribution < -0.4 is 9.47 Å². The number of ether oxygens (including phenoxy) is 2. The predicted octanol–water partition coefficient (Wildman–Crippen LogP) is 1.30. The zero-order valence-electron chi connectivity index (χ0n) is 11.9. The van der Waals surface area contributed by atoms with Crippen molar-refractivity contribution in [2.24, 2.45) is 5.92 Å². The van der Waals surface area contributed by atoms with Crippen LogP contribution in [0.5, 0.6) is 11.5 Å². The van der Waals surface area contributed by atoms with Gasteiger partial charge in [0.15, 0.2) is 18.1 Å². The summed E-state index contributed by atoms with van der Waals surface area (Å²) in [5, 5.41) is 9.24. The molecule has 5 nitrogen and oxygen atoms in total. The SMILES string of the molecule is COc1ccccc1OCC(=O)N(C)CC1CC(O)C1. The number of methoxy groups -OCH3 is 1. The minimum Gasteiger partial charge on any atom is -0.493 e. The van der Waals surface area contributed by atoms with Gasteiger partial charge in [-0.15, -0.1) is 0 Å². The van der Waals surface area contributed by atoms with Gasteiger partial charge in [-0.05, 0) is 30.9 Å². The molecule has 0 bridgehead atoms. The number of nitrogens with zero attached hydrogens (tertiary/aromatic N) is 1. The van der Waals surface area contributed by atoms with Crippen molar-refractivity contribution >= 4 is 5.91 Å². The smallest absolute Gasteiger partial charge is 0.260 e. The van der Waals surface area contributed by atoms with E-state index in [0.29, 0.717) is 24.0 Å². The number of likely N-dealkylation sites (N-methyl/N-ethyl adjacent to an activating group) is 1. The molecule has 1 aliphatic carbocycles. The standard InChI is InChI=1S/C15H21NO4/c1-16(9-11-7-12(17)8-11)15(18)10-20-14-6-4-3-5-13(14)19-2/h3-6,11-12,17H,7-10H2,1-2H3. The summed E-state index contributed by atoms with van der Waals surface area (Å²) in [5.41, 5.74) is 0. The van der Waals surface area contributed by atoms with E-state index in [-0.39, 0.29) is 18.6 Å². The lowest BCUT2D eigenvalue weighted by Gasteiger charge is -2.34. The fourth-order valence-electron chi connectivity index (χ4n) is 2.33. The van der Waals surface area contributed by atoms with Crippen LogP contribution >= 0.6 is 0 Å². The summed E-state index contributed by atoms with van der Waals surface area (Å²) < 4.78 is 10.7. The quantitative estimate of drug-likeness (QED) is 0.853. The second kappa shape index (κ2) is 6.61. The molecule has 0 saturated heterocycles. The van der Waals surface area contributed by atoms with Gasteiger partial charge < -0.3 is 19.5 Å². The minimum atomic E-state index is -0.187. The number of carbonyl (C=O) groups excluding carboxylic acids is 1. The molecule has 0 radical (unpaired) electrons. The third-order valence-electron chi connectivity index (χ3n) is 3.59. The van der Waals surface area contributed by atoms with E-state index in [2.05, 4.69) is 0 Å². The molecule has 1 aromatic carbocycles. The Labute approximate surface area is 119 Å². The Morgan fingerprint density at radius 3 is 2.60 bits per heavy atom. The molecule has 1 N–H and O–H groups in total. The number of aliphatic hydroxyl groups excluding tert-OH is 1. The first-order valence-corrected chi connectivity index (χ1v) is 6.78. The Bertz CT molecular complexity index is 457. The fraction of sp³-hybridized carbons (Fsp3) is 0.533. The van der Waals surface area contributed by atoms with Crippen molar-refractivity contribution in [3.8, 4) is 11.5 Å². The number of amides is 1. The van der Waals surface area contributed by atoms with Crippen molar-refractivity contribution in [2.45, 2.75) is 18.9 Å². The van der Waals surface area contributed by atoms with E-state index >= 15 is 0 Å². The van der Waals surface area contributed by atoms with Crippen molar-refractivity contribution in [1.82, 2.24) is 4.90 Å². The van der Waals surface area contributed by atoms with Crippen molar-refractivity contribution in [3.05, 3.63) is 24.3 Å². The van der Waals surface area contributed by atoms with Crippen molar-refractivity contribution in [2.75, 3.05) is 27.3 Å². The third kappa shape index (κ3) is 3.63. The van der Waals surface area contributed by atoms with Crippen LogP contribution in [0.25, 0.3) is 0 Å². The van der Waals surface area contributed by atoms with Crippen LogP contribution in [0.3, 0.4) is 0 Å². The van der Waals surface area contributed by atoms with Gasteiger partial charge in [-0.1, -0.05) is 12.1 Å². The summed E-state index contributed by atoms with van der Waals surface area (Å²) in [5.74, 6) is 1.52. The Morgan fingerprint density at radius 1 is 1.35 bits per heavy atom. The molecule has 1 amide bonds. The first kappa shape index (κ1) is 14.7. The van der Waals surface area contributed by atoms with Crippen LogP contribution in [-0.2, 0) is 4.79 Å². The average Bonchev–Trinajstić information content (AvgIpc) is 2.43. The van der Waals surface area contributed by atoms with Gasteiger partial charge in [0.25, 0.3) is 5.91 Å². The number of rotatable bonds is 6. The second-order valence-corrected chi connectivity index (χ2v) is 5.21. The largest absolute Gasteiger partial charge is 0.493 e. The van der Waals surface area contributed by atoms with Gasteiger partial charge in [-0.2, -0.15) is 0 Å². The lowest BCUT2D eigenvalue weighted by atomic mass is 9.82. The molecular weight excluding hydrogens is 258 g/mol. The van der Waals surface area contributed by atoms with E-state index in [4.69, 9.17) is 9.47 Å². The zero-order valence-corrected chi connectivity index (χ0v) is 11.9. The van der Waals surface area contributed by atoms with E-state index in [1.165, 1.54) is 0 Å². The normalized spacial score (nSPS) is 20.9. The van der Waals surface area contributed by atoms with Gasteiger partial charge in [0.2, 0.25) is 0 Å². The maximum absolute atomic E-state index is 12.0. The van der Waals surface area contributed by atoms with E-state index < -0.39 is 0 Å². The maximum Gasteiger partial charge on any atom is 0.260 e. The molecule has 20 heavy (non-hydrogen) atoms. The molecule has 0 aromatic heterocycles. The molecule has 0 unspecified atom stereocenters. The van der Waals surface area contributed by atoms with E-state index in [1.807, 2.05) is 12.1 Å². The maximum atomic E-state index is 12.0. The molecule has 1 aliphatic rings. The average molecular weight is 279 g/mol. The lowest BCUT2D eigenvalue weighted by Crippen LogP contribution is -2.41. The van der Waals surface area contributed by atoms with Gasteiger partial charge in [-0.25, -0.2) is 0 Å². The van der Waals surface area contributed by atoms with Crippen LogP contribution in [-0.4, -0.2) is 49.3 Å². The van der Waals surface area contributed by atoms with Gasteiger partial charge >= 0.3 is 0 Å². The van der Waals surface area contributed by atoms with Crippen molar-refractivity contribution < 1.29 is 19.4 Å². The summed E-state index contributed by atoms with van der Waals surface area (Å²) in [6.45, 7) is 0.664. The number of benzene rings is 1. The van der Waals surface area contributed by atoms with Crippen LogP contribution in [0.4, 0.5) is 0 Å². The monoisotopic (exact) mass is 279 g/mol. The van der Waals surface area contributed by atoms with E-state index in [9.17, 15) is 9.90 Å². The Hall–Kier alpha value is -1.75. The highest BCUT2D eigenvalue weighted by atomic mass is 16.5. The van der Waals surface area contributed by atoms with Crippen LogP contribution in [0.15, 0.2) is 24.3 Å². The fourth-order valence-corrected chi connectivity index (χ4v) is 2.33. The Kier molecular flexibility index (Phi) is 4.84. The highest BCUT2D eigenvalue weighted by Gasteiger charge is 2.29. The van der Waals surface area contributed by atoms with Crippen molar-refractivity contribution in [3.63, 3.8) is 0 Å². The molecule has 110 valence electrons. The number of carbonyl (C=O) groups is 1. The van der Waals surface area contributed by atoms with E-state index in [1.54, 1.807) is 31.2 Å². The Balaban J connectivity index is 1.79. The van der Waals surface area contributed by atoms with Gasteiger partial charge in [0, 0.05) is 13.6 Å². The first-order chi connectivity index (χ1) is 9.60. The molecule has 1 fully saturated rings. The molecule has 1 saturated carbocycles. The molecule has 0 heterocycles. The van der Waals surface area contributed by atoms with Gasteiger partial charge in [0.1, 0.15) is 0 Å². The van der Waals surface area contributed by atoms with Crippen LogP contribution in [0.2, 0.25) is 0 Å². The summed E-state index contributed by atoms with van der Waals surface area (Å²) >= 11 is 0. The molecule has 0 atom stereocenters. The number of para-hydroxylation sites is 2. The highest BCUT2D eigenvalue weighted by Crippen LogP contribution is 2.28. The van der Waals surface area contributed by atoms with E-state index in [0.717, 1.165) is 12.8 Å². The second-order valence-electron chi connectivity index (χ2n) is 5.21. The summed E-state index contributed by atoms with van der Waals surface area (Å²) in [4.78, 5) is 13.6. The Morgan fingerprint density at radius 2 is 2.00 bits per heavy atom. The molecule has 1 aromatic rings. The molecule has 5 heteroatoms. The topological polar surface area (TPSA) is 59.0 Å². The van der Waals surface area contributed by atoms with Crippen molar-refractivity contribution in [1.29, 1.82) is 0 Å². The molecule has 0 spiro atoms. The van der Waals surface area contributed by atoms with Crippen LogP contribution in [0, 0.1) is 5.92 Å². The minimum absolute atomic E-state index is 0.00779. The highest BCUT2D eigenvalue weighted by molar-refractivity contribution is 5.77. The zero-order chi connectivity index (χ0) is 14.5. The number of hydrogen-bond donors (Lipinski definition) is 1.